The number of nitro benzene ring substituents is 1. The first kappa shape index (κ1) is 15.9. The summed E-state index contributed by atoms with van der Waals surface area (Å²) in [4.78, 5) is 32.5. The molecule has 8 heteroatoms. The van der Waals surface area contributed by atoms with Gasteiger partial charge in [0.1, 0.15) is 0 Å². The molecule has 0 atom stereocenters. The summed E-state index contributed by atoms with van der Waals surface area (Å²) in [6, 6.07) is 3.65. The highest BCUT2D eigenvalue weighted by atomic mass is 35.5. The topological polar surface area (TPSA) is 98.5 Å². The number of esters is 1. The van der Waals surface area contributed by atoms with E-state index in [1.54, 1.807) is 0 Å². The van der Waals surface area contributed by atoms with Crippen LogP contribution in [0, 0.1) is 10.1 Å². The number of carbonyl (C=O) groups excluding carboxylic acids is 2. The molecule has 0 heterocycles. The molecular weight excluding hydrogens is 288 g/mol. The van der Waals surface area contributed by atoms with E-state index in [0.29, 0.717) is 6.42 Å². The Labute approximate surface area is 120 Å². The molecule has 0 aliphatic rings. The first-order valence-electron chi connectivity index (χ1n) is 5.83. The van der Waals surface area contributed by atoms with Gasteiger partial charge in [-0.05, 0) is 12.5 Å². The number of anilines is 1. The third kappa shape index (κ3) is 4.85. The van der Waals surface area contributed by atoms with Crippen molar-refractivity contribution in [3.05, 3.63) is 33.3 Å². The number of hydrogen-bond donors (Lipinski definition) is 1. The average molecular weight is 301 g/mol. The number of non-ortho nitro benzene ring substituents is 1. The molecule has 0 saturated heterocycles. The van der Waals surface area contributed by atoms with Crippen LogP contribution < -0.4 is 5.32 Å². The number of nitro groups is 1. The molecule has 0 aliphatic heterocycles. The molecule has 0 spiro atoms. The molecule has 0 aliphatic carbocycles. The SMILES string of the molecule is CCCC(=O)OCC(=O)Nc1ccc([N+](=O)[O-])cc1Cl. The Kier molecular flexibility index (Phi) is 5.92. The van der Waals surface area contributed by atoms with Crippen LogP contribution in [0.15, 0.2) is 18.2 Å². The van der Waals surface area contributed by atoms with E-state index >= 15 is 0 Å². The molecule has 1 aromatic carbocycles. The van der Waals surface area contributed by atoms with Crippen molar-refractivity contribution < 1.29 is 19.2 Å². The predicted molar refractivity (Wildman–Crippen MR) is 72.6 cm³/mol. The van der Waals surface area contributed by atoms with Gasteiger partial charge in [0.25, 0.3) is 11.6 Å². The quantitative estimate of drug-likeness (QED) is 0.494. The summed E-state index contributed by atoms with van der Waals surface area (Å²) in [5.74, 6) is -1.03. The fourth-order valence-electron chi connectivity index (χ4n) is 1.33. The van der Waals surface area contributed by atoms with Gasteiger partial charge in [0, 0.05) is 18.6 Å². The van der Waals surface area contributed by atoms with Gasteiger partial charge >= 0.3 is 5.97 Å². The molecule has 20 heavy (non-hydrogen) atoms. The van der Waals surface area contributed by atoms with E-state index in [4.69, 9.17) is 16.3 Å². The molecule has 1 amide bonds. The summed E-state index contributed by atoms with van der Waals surface area (Å²) in [7, 11) is 0. The number of nitrogens with one attached hydrogen (secondary N) is 1. The van der Waals surface area contributed by atoms with Crippen LogP contribution in [0.4, 0.5) is 11.4 Å². The van der Waals surface area contributed by atoms with Crippen LogP contribution in [0.2, 0.25) is 5.02 Å². The Morgan fingerprint density at radius 2 is 2.15 bits per heavy atom. The molecule has 1 aromatic rings. The maximum absolute atomic E-state index is 11.5. The lowest BCUT2D eigenvalue weighted by Gasteiger charge is -2.07. The molecule has 1 rings (SSSR count). The van der Waals surface area contributed by atoms with Gasteiger partial charge in [-0.25, -0.2) is 0 Å². The molecule has 0 aromatic heterocycles. The lowest BCUT2D eigenvalue weighted by Crippen LogP contribution is -2.20. The van der Waals surface area contributed by atoms with Crippen molar-refractivity contribution in [3.63, 3.8) is 0 Å². The average Bonchev–Trinajstić information content (AvgIpc) is 2.39. The van der Waals surface area contributed by atoms with Gasteiger partial charge in [0.15, 0.2) is 6.61 Å². The van der Waals surface area contributed by atoms with E-state index in [1.165, 1.54) is 12.1 Å². The zero-order valence-electron chi connectivity index (χ0n) is 10.7. The van der Waals surface area contributed by atoms with Gasteiger partial charge in [-0.1, -0.05) is 18.5 Å². The number of benzene rings is 1. The molecule has 0 unspecified atom stereocenters. The van der Waals surface area contributed by atoms with Crippen molar-refractivity contribution in [2.75, 3.05) is 11.9 Å². The van der Waals surface area contributed by atoms with Crippen LogP contribution in [-0.2, 0) is 14.3 Å². The Morgan fingerprint density at radius 1 is 1.45 bits per heavy atom. The predicted octanol–water partition coefficient (Wildman–Crippen LogP) is 2.53. The molecular formula is C12H13ClN2O5. The third-order valence-electron chi connectivity index (χ3n) is 2.26. The lowest BCUT2D eigenvalue weighted by molar-refractivity contribution is -0.384. The van der Waals surface area contributed by atoms with Crippen LogP contribution in [0.1, 0.15) is 19.8 Å². The minimum Gasteiger partial charge on any atom is -0.456 e. The minimum absolute atomic E-state index is 0.0347. The smallest absolute Gasteiger partial charge is 0.306 e. The normalized spacial score (nSPS) is 9.90. The Morgan fingerprint density at radius 3 is 2.70 bits per heavy atom. The van der Waals surface area contributed by atoms with E-state index in [0.717, 1.165) is 6.07 Å². The van der Waals surface area contributed by atoms with Crippen molar-refractivity contribution in [1.29, 1.82) is 0 Å². The number of rotatable bonds is 6. The number of amides is 1. The monoisotopic (exact) mass is 300 g/mol. The second kappa shape index (κ2) is 7.44. The van der Waals surface area contributed by atoms with E-state index < -0.39 is 23.4 Å². The van der Waals surface area contributed by atoms with Crippen molar-refractivity contribution in [1.82, 2.24) is 0 Å². The van der Waals surface area contributed by atoms with Gasteiger partial charge < -0.3 is 10.1 Å². The van der Waals surface area contributed by atoms with Crippen LogP contribution in [0.5, 0.6) is 0 Å². The molecule has 1 N–H and O–H groups in total. The number of ether oxygens (including phenoxy) is 1. The fourth-order valence-corrected chi connectivity index (χ4v) is 1.55. The highest BCUT2D eigenvalue weighted by molar-refractivity contribution is 6.34. The first-order valence-corrected chi connectivity index (χ1v) is 6.21. The summed E-state index contributed by atoms with van der Waals surface area (Å²) in [5, 5.41) is 13.0. The number of nitrogens with zero attached hydrogens (tertiary/aromatic N) is 1. The first-order chi connectivity index (χ1) is 9.43. The minimum atomic E-state index is -0.593. The van der Waals surface area contributed by atoms with Gasteiger partial charge in [-0.15, -0.1) is 0 Å². The van der Waals surface area contributed by atoms with Gasteiger partial charge in [0.2, 0.25) is 0 Å². The largest absolute Gasteiger partial charge is 0.456 e. The van der Waals surface area contributed by atoms with Crippen LogP contribution in [0.3, 0.4) is 0 Å². The Balaban J connectivity index is 2.58. The van der Waals surface area contributed by atoms with Gasteiger partial charge in [0.05, 0.1) is 15.6 Å². The molecule has 0 fully saturated rings. The number of halogens is 1. The second-order valence-electron chi connectivity index (χ2n) is 3.88. The van der Waals surface area contributed by atoms with E-state index in [1.807, 2.05) is 6.92 Å². The van der Waals surface area contributed by atoms with Crippen LogP contribution >= 0.6 is 11.6 Å². The second-order valence-corrected chi connectivity index (χ2v) is 4.29. The molecule has 0 radical (unpaired) electrons. The summed E-state index contributed by atoms with van der Waals surface area (Å²) >= 11 is 5.80. The number of hydrogen-bond acceptors (Lipinski definition) is 5. The van der Waals surface area contributed by atoms with E-state index in [9.17, 15) is 19.7 Å². The Bertz CT molecular complexity index is 533. The zero-order chi connectivity index (χ0) is 15.1. The summed E-state index contributed by atoms with van der Waals surface area (Å²) < 4.78 is 4.72. The van der Waals surface area contributed by atoms with Crippen molar-refractivity contribution in [2.24, 2.45) is 0 Å². The maximum atomic E-state index is 11.5. The summed E-state index contributed by atoms with van der Waals surface area (Å²) in [6.07, 6.45) is 0.875. The molecule has 0 bridgehead atoms. The lowest BCUT2D eigenvalue weighted by atomic mass is 10.3. The maximum Gasteiger partial charge on any atom is 0.306 e. The van der Waals surface area contributed by atoms with Gasteiger partial charge in [-0.3, -0.25) is 19.7 Å². The summed E-state index contributed by atoms with van der Waals surface area (Å²) in [6.45, 7) is 1.39. The van der Waals surface area contributed by atoms with Crippen molar-refractivity contribution in [2.45, 2.75) is 19.8 Å². The van der Waals surface area contributed by atoms with Crippen molar-refractivity contribution in [3.8, 4) is 0 Å². The summed E-state index contributed by atoms with van der Waals surface area (Å²) in [5.41, 5.74) is 0.0381. The highest BCUT2D eigenvalue weighted by Crippen LogP contribution is 2.26. The van der Waals surface area contributed by atoms with E-state index in [2.05, 4.69) is 5.32 Å². The third-order valence-corrected chi connectivity index (χ3v) is 2.57. The standard InChI is InChI=1S/C12H13ClN2O5/c1-2-3-12(17)20-7-11(16)14-10-5-4-8(15(18)19)6-9(10)13/h4-6H,2-3,7H2,1H3,(H,14,16). The fraction of sp³-hybridized carbons (Fsp3) is 0.333. The number of carbonyl (C=O) groups is 2. The van der Waals surface area contributed by atoms with Gasteiger partial charge in [-0.2, -0.15) is 0 Å². The Hall–Kier alpha value is -2.15. The zero-order valence-corrected chi connectivity index (χ0v) is 11.5. The molecule has 7 nitrogen and oxygen atoms in total. The van der Waals surface area contributed by atoms with E-state index in [-0.39, 0.29) is 22.8 Å². The highest BCUT2D eigenvalue weighted by Gasteiger charge is 2.12. The van der Waals surface area contributed by atoms with Crippen LogP contribution in [0.25, 0.3) is 0 Å². The van der Waals surface area contributed by atoms with Crippen molar-refractivity contribution >= 4 is 34.9 Å². The molecule has 0 saturated carbocycles. The van der Waals surface area contributed by atoms with Crippen LogP contribution in [-0.4, -0.2) is 23.4 Å². The molecule has 108 valence electrons.